The second kappa shape index (κ2) is 11.4. The van der Waals surface area contributed by atoms with Crippen molar-refractivity contribution in [3.63, 3.8) is 0 Å². The molecule has 1 amide bonds. The van der Waals surface area contributed by atoms with Crippen LogP contribution in [0.3, 0.4) is 0 Å². The Bertz CT molecular complexity index is 1310. The lowest BCUT2D eigenvalue weighted by molar-refractivity contribution is -0.176. The summed E-state index contributed by atoms with van der Waals surface area (Å²) in [6, 6.07) is 2.52. The zero-order chi connectivity index (χ0) is 30.4. The molecule has 5 rings (SSSR count). The molecule has 7 atom stereocenters. The highest BCUT2D eigenvalue weighted by molar-refractivity contribution is 5.87. The van der Waals surface area contributed by atoms with E-state index in [0.29, 0.717) is 43.7 Å². The van der Waals surface area contributed by atoms with Crippen molar-refractivity contribution in [3.05, 3.63) is 40.7 Å². The number of ether oxygens (including phenoxy) is 3. The third-order valence-corrected chi connectivity index (χ3v) is 9.63. The number of likely N-dealkylation sites (N-methyl/N-ethyl adjacent to an activating group) is 1. The van der Waals surface area contributed by atoms with Crippen LogP contribution in [0.25, 0.3) is 0 Å². The molecule has 0 radical (unpaired) electrons. The smallest absolute Gasteiger partial charge is 0.352 e. The van der Waals surface area contributed by atoms with Gasteiger partial charge in [-0.2, -0.15) is 0 Å². The standard InChI is InChI=1S/C31H41N3O8/c1-17(7-5-6-13-32)27(36)33-18(2)28(37)40-19(3)29(38)41-22-10-11-31(39)23-15-20-8-9-21(16-35)25-24(20)30(31,26(22)42-25)12-14-34(23)4/h8-10,16-19,23,26,39H,5-7,11-15,32H2,1-4H3,(H,33,36)/t17-,18-,19-,23+,26-,30-,31+/m0/s1. The number of unbranched alkanes of at least 4 members (excludes halogenated alkanes) is 1. The van der Waals surface area contributed by atoms with Gasteiger partial charge in [-0.15, -0.1) is 0 Å². The normalized spacial score (nSPS) is 29.2. The van der Waals surface area contributed by atoms with E-state index in [0.717, 1.165) is 30.3 Å². The van der Waals surface area contributed by atoms with E-state index >= 15 is 0 Å². The maximum Gasteiger partial charge on any atom is 0.352 e. The molecule has 0 saturated carbocycles. The predicted octanol–water partition coefficient (Wildman–Crippen LogP) is 1.52. The molecule has 2 aliphatic carbocycles. The number of amides is 1. The summed E-state index contributed by atoms with van der Waals surface area (Å²) < 4.78 is 17.6. The maximum atomic E-state index is 13.2. The Kier molecular flexibility index (Phi) is 8.21. The zero-order valence-electron chi connectivity index (χ0n) is 24.7. The summed E-state index contributed by atoms with van der Waals surface area (Å²) in [7, 11) is 1.99. The van der Waals surface area contributed by atoms with Crippen LogP contribution in [0.4, 0.5) is 0 Å². The molecule has 1 spiro atoms. The fourth-order valence-electron chi connectivity index (χ4n) is 7.23. The SMILES string of the molecule is C[C@H](NC(=O)[C@@H](C)CCCCN)C(=O)O[C@@H](C)C(=O)OC1=CC[C@@]2(O)[C@H]3Cc4ccc(C=O)c5c4[C@@]2(CCN3C)[C@H]1O5. The van der Waals surface area contributed by atoms with Crippen molar-refractivity contribution in [2.75, 3.05) is 20.1 Å². The summed E-state index contributed by atoms with van der Waals surface area (Å²) in [5.41, 5.74) is 5.65. The number of likely N-dealkylation sites (tertiary alicyclic amines) is 1. The van der Waals surface area contributed by atoms with Crippen LogP contribution in [0, 0.1) is 5.92 Å². The molecule has 2 bridgehead atoms. The van der Waals surface area contributed by atoms with Crippen LogP contribution < -0.4 is 15.8 Å². The highest BCUT2D eigenvalue weighted by Gasteiger charge is 2.72. The fraction of sp³-hybridized carbons (Fsp3) is 0.613. The molecule has 4 aliphatic rings. The van der Waals surface area contributed by atoms with Crippen LogP contribution in [0.1, 0.15) is 74.4 Å². The number of aliphatic hydroxyl groups is 1. The van der Waals surface area contributed by atoms with E-state index in [1.165, 1.54) is 13.8 Å². The van der Waals surface area contributed by atoms with Gasteiger partial charge in [0.05, 0.1) is 16.6 Å². The fourth-order valence-corrected chi connectivity index (χ4v) is 7.23. The predicted molar refractivity (Wildman–Crippen MR) is 152 cm³/mol. The number of carbonyl (C=O) groups is 4. The zero-order valence-corrected chi connectivity index (χ0v) is 24.7. The number of esters is 2. The third kappa shape index (κ3) is 4.71. The number of piperidine rings is 1. The monoisotopic (exact) mass is 583 g/mol. The largest absolute Gasteiger partial charge is 0.480 e. The van der Waals surface area contributed by atoms with E-state index in [2.05, 4.69) is 10.2 Å². The van der Waals surface area contributed by atoms with Gasteiger partial charge in [-0.25, -0.2) is 9.59 Å². The first kappa shape index (κ1) is 30.2. The minimum Gasteiger partial charge on any atom is -0.480 e. The van der Waals surface area contributed by atoms with Gasteiger partial charge in [0.15, 0.2) is 18.5 Å². The molecule has 2 aliphatic heterocycles. The molecule has 0 aromatic heterocycles. The number of hydrogen-bond donors (Lipinski definition) is 3. The maximum absolute atomic E-state index is 13.2. The van der Waals surface area contributed by atoms with Gasteiger partial charge in [0.1, 0.15) is 17.6 Å². The Morgan fingerprint density at radius 1 is 1.24 bits per heavy atom. The van der Waals surface area contributed by atoms with Crippen LogP contribution in [-0.2, 0) is 35.7 Å². The lowest BCUT2D eigenvalue weighted by atomic mass is 9.50. The van der Waals surface area contributed by atoms with Gasteiger partial charge in [0, 0.05) is 23.9 Å². The van der Waals surface area contributed by atoms with E-state index in [4.69, 9.17) is 19.9 Å². The van der Waals surface area contributed by atoms with Crippen molar-refractivity contribution in [2.24, 2.45) is 11.7 Å². The van der Waals surface area contributed by atoms with Crippen LogP contribution in [-0.4, -0.2) is 84.2 Å². The Morgan fingerprint density at radius 3 is 2.71 bits per heavy atom. The van der Waals surface area contributed by atoms with Crippen molar-refractivity contribution in [2.45, 2.75) is 94.6 Å². The molecular formula is C31H41N3O8. The average molecular weight is 584 g/mol. The van der Waals surface area contributed by atoms with Crippen LogP contribution >= 0.6 is 0 Å². The molecule has 1 fully saturated rings. The Hall–Kier alpha value is -3.28. The van der Waals surface area contributed by atoms with Crippen molar-refractivity contribution in [1.29, 1.82) is 0 Å². The lowest BCUT2D eigenvalue weighted by Gasteiger charge is -2.61. The summed E-state index contributed by atoms with van der Waals surface area (Å²) in [5, 5.41) is 14.9. The Morgan fingerprint density at radius 2 is 2.00 bits per heavy atom. The van der Waals surface area contributed by atoms with Gasteiger partial charge in [-0.3, -0.25) is 9.59 Å². The number of nitrogens with zero attached hydrogens (tertiary/aromatic N) is 1. The highest BCUT2D eigenvalue weighted by atomic mass is 16.6. The van der Waals surface area contributed by atoms with E-state index in [9.17, 15) is 24.3 Å². The molecule has 1 aromatic carbocycles. The molecule has 1 aromatic rings. The number of hydrogen-bond acceptors (Lipinski definition) is 10. The molecule has 2 heterocycles. The van der Waals surface area contributed by atoms with Gasteiger partial charge in [-0.05, 0) is 77.4 Å². The van der Waals surface area contributed by atoms with Crippen LogP contribution in [0.15, 0.2) is 24.0 Å². The summed E-state index contributed by atoms with van der Waals surface area (Å²) in [4.78, 5) is 52.4. The molecule has 1 saturated heterocycles. The van der Waals surface area contributed by atoms with Crippen molar-refractivity contribution in [3.8, 4) is 5.75 Å². The minimum atomic E-state index is -1.26. The van der Waals surface area contributed by atoms with Gasteiger partial charge in [0.25, 0.3) is 0 Å². The third-order valence-electron chi connectivity index (χ3n) is 9.63. The second-order valence-electron chi connectivity index (χ2n) is 12.2. The number of rotatable bonds is 11. The molecular weight excluding hydrogens is 542 g/mol. The van der Waals surface area contributed by atoms with E-state index in [-0.39, 0.29) is 30.0 Å². The molecule has 11 nitrogen and oxygen atoms in total. The first-order valence-corrected chi connectivity index (χ1v) is 14.8. The first-order valence-electron chi connectivity index (χ1n) is 14.8. The Labute approximate surface area is 245 Å². The van der Waals surface area contributed by atoms with E-state index < -0.39 is 41.2 Å². The van der Waals surface area contributed by atoms with Crippen LogP contribution in [0.5, 0.6) is 5.75 Å². The van der Waals surface area contributed by atoms with Gasteiger partial charge in [-0.1, -0.05) is 19.4 Å². The highest BCUT2D eigenvalue weighted by Crippen LogP contribution is 2.64. The topological polar surface area (TPSA) is 157 Å². The van der Waals surface area contributed by atoms with Gasteiger partial charge in [0.2, 0.25) is 5.91 Å². The second-order valence-corrected chi connectivity index (χ2v) is 12.2. The number of carbonyl (C=O) groups excluding carboxylic acids is 4. The molecule has 4 N–H and O–H groups in total. The minimum absolute atomic E-state index is 0.175. The summed E-state index contributed by atoms with van der Waals surface area (Å²) >= 11 is 0. The summed E-state index contributed by atoms with van der Waals surface area (Å²) in [6.45, 7) is 5.94. The van der Waals surface area contributed by atoms with E-state index in [1.807, 2.05) is 13.1 Å². The Balaban J connectivity index is 1.30. The first-order chi connectivity index (χ1) is 20.0. The molecule has 11 heteroatoms. The lowest BCUT2D eigenvalue weighted by Crippen LogP contribution is -2.74. The molecule has 0 unspecified atom stereocenters. The summed E-state index contributed by atoms with van der Waals surface area (Å²) in [6.07, 6.45) is 4.00. The average Bonchev–Trinajstić information content (AvgIpc) is 3.32. The molecule has 228 valence electrons. The van der Waals surface area contributed by atoms with Gasteiger partial charge >= 0.3 is 11.9 Å². The van der Waals surface area contributed by atoms with Crippen molar-refractivity contribution < 1.29 is 38.5 Å². The summed E-state index contributed by atoms with van der Waals surface area (Å²) in [5.74, 6) is -1.48. The number of aldehydes is 1. The van der Waals surface area contributed by atoms with Crippen LogP contribution in [0.2, 0.25) is 0 Å². The van der Waals surface area contributed by atoms with E-state index in [1.54, 1.807) is 19.1 Å². The van der Waals surface area contributed by atoms with Gasteiger partial charge < -0.3 is 35.3 Å². The molecule has 42 heavy (non-hydrogen) atoms. The van der Waals surface area contributed by atoms with Crippen molar-refractivity contribution in [1.82, 2.24) is 10.2 Å². The number of nitrogens with one attached hydrogen (secondary N) is 1. The quantitative estimate of drug-likeness (QED) is 0.198. The van der Waals surface area contributed by atoms with Crippen molar-refractivity contribution >= 4 is 24.1 Å². The number of benzene rings is 1. The number of nitrogens with two attached hydrogens (primary N) is 1.